The highest BCUT2D eigenvalue weighted by Crippen LogP contribution is 2.85. The first kappa shape index (κ1) is 17.9. The molecule has 0 spiro atoms. The Kier molecular flexibility index (Phi) is 3.25. The van der Waals surface area contributed by atoms with E-state index in [1.54, 1.807) is 7.11 Å². The molecular formula is C28H32O3. The van der Waals surface area contributed by atoms with Crippen LogP contribution >= 0.6 is 0 Å². The van der Waals surface area contributed by atoms with Crippen molar-refractivity contribution in [2.45, 2.75) is 38.5 Å². The van der Waals surface area contributed by atoms with Gasteiger partial charge in [0.25, 0.3) is 0 Å². The van der Waals surface area contributed by atoms with Crippen molar-refractivity contribution in [3.63, 3.8) is 0 Å². The number of rotatable bonds is 3. The molecule has 13 atom stereocenters. The van der Waals surface area contributed by atoms with E-state index in [0.717, 1.165) is 19.3 Å². The molecular weight excluding hydrogens is 384 g/mol. The number of esters is 1. The first-order chi connectivity index (χ1) is 15.2. The normalized spacial score (nSPS) is 56.4. The molecule has 8 rings (SSSR count). The Morgan fingerprint density at radius 1 is 0.903 bits per heavy atom. The van der Waals surface area contributed by atoms with Crippen LogP contribution in [0.15, 0.2) is 30.3 Å². The average Bonchev–Trinajstić information content (AvgIpc) is 3.57. The molecule has 7 saturated carbocycles. The lowest BCUT2D eigenvalue weighted by molar-refractivity contribution is -0.162. The standard InChI is InChI=1S/C28H32O3/c1-31-27(30)28(12-13-6-3-2-4-7-13)24-15-9-5-8-14(15)19-21(24)22-20-18-16(25(22)28)10-11-17(18)26(29)23(19)20/h2-4,6-7,14-25H,5,8-12H2,1H3/t14-,15+,16+,17+,18-,19-,20+,21-,22+,23-,24+,25+,28-/m0/s1. The fraction of sp³-hybridized carbons (Fsp3) is 0.714. The maximum Gasteiger partial charge on any atom is 0.312 e. The van der Waals surface area contributed by atoms with Crippen molar-refractivity contribution in [3.05, 3.63) is 35.9 Å². The Balaban J connectivity index is 1.37. The van der Waals surface area contributed by atoms with E-state index < -0.39 is 0 Å². The SMILES string of the molecule is COC(=O)[C@]1(Cc2ccccc2)[C@@H]2[C@@H]3CC[C@H]4C(=O)[C@@H]5[C@@H]([C@@H]2[C@@H]2[C@@H]5[C@H]5CCC[C@H]5[C@H]21)[C@@H]34. The van der Waals surface area contributed by atoms with Gasteiger partial charge < -0.3 is 4.74 Å². The van der Waals surface area contributed by atoms with Gasteiger partial charge in [0.05, 0.1) is 12.5 Å². The maximum absolute atomic E-state index is 14.0. The number of fused-ring (bicyclic) bond motifs is 5. The number of Topliss-reactive ketones (excluding diaryl/α,β-unsaturated/α-hetero) is 1. The quantitative estimate of drug-likeness (QED) is 0.686. The summed E-state index contributed by atoms with van der Waals surface area (Å²) in [5.41, 5.74) is 0.927. The summed E-state index contributed by atoms with van der Waals surface area (Å²) in [7, 11) is 1.63. The fourth-order valence-electron chi connectivity index (χ4n) is 12.1. The Hall–Kier alpha value is -1.64. The maximum atomic E-state index is 14.0. The van der Waals surface area contributed by atoms with Crippen LogP contribution in [0.2, 0.25) is 0 Å². The number of methoxy groups -OCH3 is 1. The molecule has 0 unspecified atom stereocenters. The van der Waals surface area contributed by atoms with E-state index in [4.69, 9.17) is 4.74 Å². The molecule has 3 nitrogen and oxygen atoms in total. The smallest absolute Gasteiger partial charge is 0.312 e. The van der Waals surface area contributed by atoms with E-state index in [-0.39, 0.29) is 11.4 Å². The zero-order valence-electron chi connectivity index (χ0n) is 18.3. The van der Waals surface area contributed by atoms with Crippen molar-refractivity contribution in [2.24, 2.45) is 76.4 Å². The van der Waals surface area contributed by atoms with Gasteiger partial charge >= 0.3 is 5.97 Å². The minimum atomic E-state index is -0.370. The second-order valence-electron chi connectivity index (χ2n) is 12.2. The molecule has 0 amide bonds. The molecule has 0 aromatic heterocycles. The van der Waals surface area contributed by atoms with Crippen LogP contribution in [0.3, 0.4) is 0 Å². The lowest BCUT2D eigenvalue weighted by Crippen LogP contribution is -2.48. The Bertz CT molecular complexity index is 977. The summed E-state index contributed by atoms with van der Waals surface area (Å²) in [6.45, 7) is 0. The summed E-state index contributed by atoms with van der Waals surface area (Å²) in [5, 5.41) is 0. The van der Waals surface area contributed by atoms with Gasteiger partial charge in [-0.2, -0.15) is 0 Å². The molecule has 162 valence electrons. The van der Waals surface area contributed by atoms with E-state index in [2.05, 4.69) is 30.3 Å². The Morgan fingerprint density at radius 3 is 2.45 bits per heavy atom. The van der Waals surface area contributed by atoms with Gasteiger partial charge in [0.1, 0.15) is 5.78 Å². The van der Waals surface area contributed by atoms with Gasteiger partial charge in [-0.15, -0.1) is 0 Å². The second kappa shape index (κ2) is 5.64. The van der Waals surface area contributed by atoms with Gasteiger partial charge in [0.15, 0.2) is 0 Å². The molecule has 0 aliphatic heterocycles. The van der Waals surface area contributed by atoms with Crippen LogP contribution in [0, 0.1) is 76.4 Å². The van der Waals surface area contributed by atoms with Crippen LogP contribution in [0.4, 0.5) is 0 Å². The van der Waals surface area contributed by atoms with Gasteiger partial charge in [0, 0.05) is 11.8 Å². The summed E-state index contributed by atoms with van der Waals surface area (Å²) in [5.74, 6) is 7.15. The lowest BCUT2D eigenvalue weighted by Gasteiger charge is -2.42. The van der Waals surface area contributed by atoms with Crippen LogP contribution in [0.25, 0.3) is 0 Å². The topological polar surface area (TPSA) is 43.4 Å². The van der Waals surface area contributed by atoms with E-state index in [1.165, 1.54) is 24.8 Å². The number of ether oxygens (including phenoxy) is 1. The fourth-order valence-corrected chi connectivity index (χ4v) is 12.1. The molecule has 7 fully saturated rings. The summed E-state index contributed by atoms with van der Waals surface area (Å²) in [4.78, 5) is 27.6. The molecule has 0 N–H and O–H groups in total. The third kappa shape index (κ3) is 1.74. The molecule has 0 bridgehead atoms. The van der Waals surface area contributed by atoms with Crippen molar-refractivity contribution in [1.29, 1.82) is 0 Å². The monoisotopic (exact) mass is 416 g/mol. The second-order valence-corrected chi connectivity index (χ2v) is 12.2. The van der Waals surface area contributed by atoms with Crippen LogP contribution in [-0.2, 0) is 20.7 Å². The molecule has 7 aliphatic carbocycles. The largest absolute Gasteiger partial charge is 0.469 e. The number of carbonyl (C=O) groups excluding carboxylic acids is 2. The van der Waals surface area contributed by atoms with Crippen molar-refractivity contribution >= 4 is 11.8 Å². The van der Waals surface area contributed by atoms with Gasteiger partial charge in [-0.1, -0.05) is 36.8 Å². The lowest BCUT2D eigenvalue weighted by atomic mass is 9.60. The van der Waals surface area contributed by atoms with Crippen LogP contribution in [0.5, 0.6) is 0 Å². The van der Waals surface area contributed by atoms with Crippen molar-refractivity contribution in [3.8, 4) is 0 Å². The third-order valence-electron chi connectivity index (χ3n) is 12.0. The van der Waals surface area contributed by atoms with E-state index in [0.29, 0.717) is 76.8 Å². The number of benzene rings is 1. The number of hydrogen-bond acceptors (Lipinski definition) is 3. The highest BCUT2D eigenvalue weighted by Gasteiger charge is 2.85. The zero-order chi connectivity index (χ0) is 20.6. The number of ketones is 1. The van der Waals surface area contributed by atoms with Crippen molar-refractivity contribution < 1.29 is 14.3 Å². The highest BCUT2D eigenvalue weighted by molar-refractivity contribution is 5.89. The molecule has 0 saturated heterocycles. The highest BCUT2D eigenvalue weighted by atomic mass is 16.5. The van der Waals surface area contributed by atoms with E-state index in [9.17, 15) is 9.59 Å². The molecule has 31 heavy (non-hydrogen) atoms. The predicted octanol–water partition coefficient (Wildman–Crippen LogP) is 4.40. The molecule has 3 heteroatoms. The minimum absolute atomic E-state index is 0.0818. The van der Waals surface area contributed by atoms with Crippen LogP contribution < -0.4 is 0 Å². The summed E-state index contributed by atoms with van der Waals surface area (Å²) < 4.78 is 5.73. The summed E-state index contributed by atoms with van der Waals surface area (Å²) >= 11 is 0. The van der Waals surface area contributed by atoms with Crippen LogP contribution in [-0.4, -0.2) is 18.9 Å². The number of hydrogen-bond donors (Lipinski definition) is 0. The minimum Gasteiger partial charge on any atom is -0.469 e. The molecule has 0 heterocycles. The van der Waals surface area contributed by atoms with Gasteiger partial charge in [-0.25, -0.2) is 0 Å². The predicted molar refractivity (Wildman–Crippen MR) is 115 cm³/mol. The zero-order valence-corrected chi connectivity index (χ0v) is 18.3. The van der Waals surface area contributed by atoms with Crippen molar-refractivity contribution in [1.82, 2.24) is 0 Å². The first-order valence-electron chi connectivity index (χ1n) is 12.8. The summed E-state index contributed by atoms with van der Waals surface area (Å²) in [6, 6.07) is 10.8. The molecule has 1 aromatic rings. The molecule has 0 radical (unpaired) electrons. The molecule has 7 aliphatic rings. The van der Waals surface area contributed by atoms with E-state index in [1.807, 2.05) is 0 Å². The van der Waals surface area contributed by atoms with Crippen molar-refractivity contribution in [2.75, 3.05) is 7.11 Å². The first-order valence-corrected chi connectivity index (χ1v) is 12.8. The molecule has 1 aromatic carbocycles. The number of carbonyl (C=O) groups is 2. The Morgan fingerprint density at radius 2 is 1.65 bits per heavy atom. The third-order valence-corrected chi connectivity index (χ3v) is 12.0. The Labute approximate surface area is 184 Å². The van der Waals surface area contributed by atoms with Gasteiger partial charge in [-0.3, -0.25) is 9.59 Å². The van der Waals surface area contributed by atoms with Crippen LogP contribution in [0.1, 0.15) is 37.7 Å². The van der Waals surface area contributed by atoms with E-state index >= 15 is 0 Å². The van der Waals surface area contributed by atoms with Gasteiger partial charge in [-0.05, 0) is 96.8 Å². The van der Waals surface area contributed by atoms with Gasteiger partial charge in [0.2, 0.25) is 0 Å². The summed E-state index contributed by atoms with van der Waals surface area (Å²) in [6.07, 6.45) is 6.93. The average molecular weight is 417 g/mol.